The molecule has 2 aromatic carbocycles. The van der Waals surface area contributed by atoms with Gasteiger partial charge in [0.15, 0.2) is 23.1 Å². The number of hydrogen-bond donors (Lipinski definition) is 1. The number of aromatic nitrogens is 1. The van der Waals surface area contributed by atoms with Crippen LogP contribution in [0.25, 0.3) is 11.5 Å². The van der Waals surface area contributed by atoms with E-state index in [1.54, 1.807) is 6.92 Å². The number of halogens is 4. The van der Waals surface area contributed by atoms with Gasteiger partial charge in [-0.2, -0.15) is 13.8 Å². The van der Waals surface area contributed by atoms with E-state index in [2.05, 4.69) is 9.72 Å². The van der Waals surface area contributed by atoms with Gasteiger partial charge >= 0.3 is 12.6 Å². The summed E-state index contributed by atoms with van der Waals surface area (Å²) < 4.78 is 75.5. The summed E-state index contributed by atoms with van der Waals surface area (Å²) in [6, 6.07) is 4.74. The minimum atomic E-state index is -3.07. The lowest BCUT2D eigenvalue weighted by atomic mass is 10.0. The van der Waals surface area contributed by atoms with Crippen molar-refractivity contribution < 1.29 is 45.8 Å². The second-order valence-corrected chi connectivity index (χ2v) is 9.29. The molecule has 1 heterocycles. The van der Waals surface area contributed by atoms with Gasteiger partial charge in [0.05, 0.1) is 12.6 Å². The Hall–Kier alpha value is -4.13. The zero-order valence-electron chi connectivity index (χ0n) is 21.6. The number of hydrogen-bond acceptors (Lipinski definition) is 8. The SMILES string of the molecule is CC(=O)OCC(c1ccc(F)cc1F)N(C=O)c1nc(-c2ccc(OC(F)F)c(OCC3CC3)c2)oc1[C@H](C)N. The van der Waals surface area contributed by atoms with Crippen LogP contribution < -0.4 is 20.1 Å². The van der Waals surface area contributed by atoms with Crippen LogP contribution in [-0.4, -0.2) is 37.2 Å². The summed E-state index contributed by atoms with van der Waals surface area (Å²) in [4.78, 5) is 29.3. The van der Waals surface area contributed by atoms with Gasteiger partial charge in [-0.3, -0.25) is 14.5 Å². The van der Waals surface area contributed by atoms with Crippen LogP contribution in [-0.2, 0) is 14.3 Å². The average molecular weight is 566 g/mol. The summed E-state index contributed by atoms with van der Waals surface area (Å²) in [5.41, 5.74) is 6.23. The maximum absolute atomic E-state index is 14.8. The van der Waals surface area contributed by atoms with E-state index >= 15 is 0 Å². The molecule has 13 heteroatoms. The second kappa shape index (κ2) is 12.4. The fourth-order valence-electron chi connectivity index (χ4n) is 3.93. The van der Waals surface area contributed by atoms with Crippen LogP contribution in [0.15, 0.2) is 40.8 Å². The number of rotatable bonds is 13. The molecule has 0 bridgehead atoms. The smallest absolute Gasteiger partial charge is 0.387 e. The van der Waals surface area contributed by atoms with Crippen molar-refractivity contribution in [2.45, 2.75) is 45.4 Å². The predicted octanol–water partition coefficient (Wildman–Crippen LogP) is 5.30. The molecule has 0 saturated heterocycles. The average Bonchev–Trinajstić information content (AvgIpc) is 3.62. The van der Waals surface area contributed by atoms with Crippen molar-refractivity contribution in [1.82, 2.24) is 4.98 Å². The molecule has 214 valence electrons. The number of nitrogens with zero attached hydrogens (tertiary/aromatic N) is 2. The number of carbonyl (C=O) groups excluding carboxylic acids is 2. The van der Waals surface area contributed by atoms with E-state index in [0.717, 1.165) is 36.8 Å². The van der Waals surface area contributed by atoms with Gasteiger partial charge in [-0.25, -0.2) is 8.78 Å². The molecule has 0 aliphatic heterocycles. The lowest BCUT2D eigenvalue weighted by Gasteiger charge is -2.27. The van der Waals surface area contributed by atoms with Crippen molar-refractivity contribution in [3.63, 3.8) is 0 Å². The predicted molar refractivity (Wildman–Crippen MR) is 134 cm³/mol. The molecular weight excluding hydrogens is 538 g/mol. The molecule has 40 heavy (non-hydrogen) atoms. The quantitative estimate of drug-likeness (QED) is 0.169. The molecule has 3 aromatic rings. The Balaban J connectivity index is 1.76. The van der Waals surface area contributed by atoms with E-state index in [9.17, 15) is 27.2 Å². The van der Waals surface area contributed by atoms with Crippen LogP contribution in [0, 0.1) is 17.6 Å². The first-order chi connectivity index (χ1) is 19.1. The number of oxazole rings is 1. The topological polar surface area (TPSA) is 117 Å². The summed E-state index contributed by atoms with van der Waals surface area (Å²) in [5.74, 6) is -2.49. The number of benzene rings is 2. The fraction of sp³-hybridized carbons (Fsp3) is 0.370. The molecule has 2 atom stereocenters. The van der Waals surface area contributed by atoms with Crippen LogP contribution in [0.4, 0.5) is 23.4 Å². The lowest BCUT2D eigenvalue weighted by molar-refractivity contribution is -0.141. The zero-order valence-corrected chi connectivity index (χ0v) is 21.6. The third kappa shape index (κ3) is 6.89. The van der Waals surface area contributed by atoms with Crippen molar-refractivity contribution in [2.24, 2.45) is 11.7 Å². The molecule has 4 rings (SSSR count). The van der Waals surface area contributed by atoms with Crippen molar-refractivity contribution in [2.75, 3.05) is 18.1 Å². The number of ether oxygens (including phenoxy) is 3. The van der Waals surface area contributed by atoms with E-state index < -0.39 is 42.9 Å². The molecule has 1 fully saturated rings. The highest BCUT2D eigenvalue weighted by molar-refractivity contribution is 5.77. The third-order valence-electron chi connectivity index (χ3n) is 6.09. The summed E-state index contributed by atoms with van der Waals surface area (Å²) in [6.07, 6.45) is 2.26. The second-order valence-electron chi connectivity index (χ2n) is 9.29. The summed E-state index contributed by atoms with van der Waals surface area (Å²) in [5, 5.41) is 0. The Labute approximate surface area is 226 Å². The van der Waals surface area contributed by atoms with Gasteiger partial charge in [0.25, 0.3) is 0 Å². The van der Waals surface area contributed by atoms with E-state index in [1.165, 1.54) is 18.2 Å². The van der Waals surface area contributed by atoms with Crippen molar-refractivity contribution in [1.29, 1.82) is 0 Å². The van der Waals surface area contributed by atoms with Crippen LogP contribution in [0.1, 0.15) is 50.1 Å². The van der Waals surface area contributed by atoms with Crippen LogP contribution in [0.2, 0.25) is 0 Å². The van der Waals surface area contributed by atoms with Gasteiger partial charge in [-0.05, 0) is 49.9 Å². The van der Waals surface area contributed by atoms with Crippen LogP contribution in [0.5, 0.6) is 11.5 Å². The van der Waals surface area contributed by atoms with Gasteiger partial charge in [-0.1, -0.05) is 6.07 Å². The largest absolute Gasteiger partial charge is 0.489 e. The highest BCUT2D eigenvalue weighted by Crippen LogP contribution is 2.39. The Morgan fingerprint density at radius 3 is 2.55 bits per heavy atom. The number of nitrogens with two attached hydrogens (primary N) is 1. The summed E-state index contributed by atoms with van der Waals surface area (Å²) in [6.45, 7) is -0.565. The molecule has 0 spiro atoms. The molecule has 1 aliphatic rings. The van der Waals surface area contributed by atoms with Crippen molar-refractivity contribution in [3.8, 4) is 23.0 Å². The molecule has 1 aromatic heterocycles. The van der Waals surface area contributed by atoms with E-state index in [4.69, 9.17) is 19.6 Å². The van der Waals surface area contributed by atoms with E-state index in [0.29, 0.717) is 25.0 Å². The molecule has 1 unspecified atom stereocenters. The minimum Gasteiger partial charge on any atom is -0.489 e. The number of amides is 1. The standard InChI is InChI=1S/C27H27F4N3O6/c1-14(32)24-25(34(13-35)21(12-37-15(2)36)19-7-6-18(28)10-20(19)29)33-26(40-24)17-5-8-22(39-27(30)31)23(9-17)38-11-16-3-4-16/h5-10,13-14,16,21,27H,3-4,11-12,32H2,1-2H3/t14-,21?/m0/s1. The monoisotopic (exact) mass is 565 g/mol. The molecular formula is C27H27F4N3O6. The highest BCUT2D eigenvalue weighted by Gasteiger charge is 2.32. The molecule has 1 saturated carbocycles. The Kier molecular flexibility index (Phi) is 8.93. The molecule has 1 aliphatic carbocycles. The first kappa shape index (κ1) is 28.9. The number of alkyl halides is 2. The van der Waals surface area contributed by atoms with Crippen LogP contribution in [0.3, 0.4) is 0 Å². The Bertz CT molecular complexity index is 1360. The minimum absolute atomic E-state index is 0.0193. The van der Waals surface area contributed by atoms with Gasteiger partial charge < -0.3 is 24.4 Å². The molecule has 2 N–H and O–H groups in total. The maximum atomic E-state index is 14.8. The molecule has 0 radical (unpaired) electrons. The zero-order chi connectivity index (χ0) is 29.0. The van der Waals surface area contributed by atoms with Crippen molar-refractivity contribution >= 4 is 18.2 Å². The number of esters is 1. The van der Waals surface area contributed by atoms with Gasteiger partial charge in [-0.15, -0.1) is 0 Å². The van der Waals surface area contributed by atoms with E-state index in [-0.39, 0.29) is 40.1 Å². The third-order valence-corrected chi connectivity index (χ3v) is 6.09. The normalized spacial score (nSPS) is 14.5. The van der Waals surface area contributed by atoms with Gasteiger partial charge in [0.1, 0.15) is 24.3 Å². The van der Waals surface area contributed by atoms with E-state index in [1.807, 2.05) is 0 Å². The molecule has 9 nitrogen and oxygen atoms in total. The Morgan fingerprint density at radius 2 is 1.95 bits per heavy atom. The highest BCUT2D eigenvalue weighted by atomic mass is 19.3. The summed E-state index contributed by atoms with van der Waals surface area (Å²) in [7, 11) is 0. The summed E-state index contributed by atoms with van der Waals surface area (Å²) >= 11 is 0. The van der Waals surface area contributed by atoms with Gasteiger partial charge in [0, 0.05) is 24.1 Å². The van der Waals surface area contributed by atoms with Crippen LogP contribution >= 0.6 is 0 Å². The maximum Gasteiger partial charge on any atom is 0.387 e. The first-order valence-electron chi connectivity index (χ1n) is 12.4. The molecule has 1 amide bonds. The number of anilines is 1. The van der Waals surface area contributed by atoms with Gasteiger partial charge in [0.2, 0.25) is 12.3 Å². The fourth-order valence-corrected chi connectivity index (χ4v) is 3.93. The lowest BCUT2D eigenvalue weighted by Crippen LogP contribution is -2.33. The van der Waals surface area contributed by atoms with Crippen molar-refractivity contribution in [3.05, 3.63) is 59.4 Å². The number of carbonyl (C=O) groups is 2. The Morgan fingerprint density at radius 1 is 1.20 bits per heavy atom. The first-order valence-corrected chi connectivity index (χ1v) is 12.4.